The van der Waals surface area contributed by atoms with Gasteiger partial charge in [0.15, 0.2) is 0 Å². The molecule has 0 aliphatic rings. The average molecular weight is 181 g/mol. The molecule has 3 nitrogen and oxygen atoms in total. The predicted molar refractivity (Wildman–Crippen MR) is 55.9 cm³/mol. The molecule has 0 aliphatic heterocycles. The number of aryl methyl sites for hydroxylation is 1. The van der Waals surface area contributed by atoms with Crippen LogP contribution in [0.5, 0.6) is 0 Å². The topological polar surface area (TPSA) is 29.9 Å². The van der Waals surface area contributed by atoms with Crippen molar-refractivity contribution in [1.29, 1.82) is 0 Å². The van der Waals surface area contributed by atoms with E-state index in [1.165, 1.54) is 12.8 Å². The molecular weight excluding hydrogens is 162 g/mol. The van der Waals surface area contributed by atoms with Crippen molar-refractivity contribution in [2.75, 3.05) is 5.32 Å². The molecule has 0 fully saturated rings. The number of nitrogens with one attached hydrogen (secondary N) is 1. The molecule has 0 spiro atoms. The van der Waals surface area contributed by atoms with Gasteiger partial charge in [-0.25, -0.2) is 0 Å². The molecule has 13 heavy (non-hydrogen) atoms. The van der Waals surface area contributed by atoms with Gasteiger partial charge >= 0.3 is 0 Å². The zero-order valence-electron chi connectivity index (χ0n) is 8.75. The molecule has 1 atom stereocenters. The summed E-state index contributed by atoms with van der Waals surface area (Å²) >= 11 is 0. The molecule has 1 aromatic heterocycles. The van der Waals surface area contributed by atoms with Gasteiger partial charge in [-0.1, -0.05) is 13.3 Å². The van der Waals surface area contributed by atoms with Crippen molar-refractivity contribution in [2.24, 2.45) is 0 Å². The summed E-state index contributed by atoms with van der Waals surface area (Å²) in [5.41, 5.74) is 1.13. The number of anilines is 1. The first-order valence-electron chi connectivity index (χ1n) is 5.05. The van der Waals surface area contributed by atoms with Gasteiger partial charge in [-0.3, -0.25) is 4.68 Å². The molecule has 0 saturated heterocycles. The van der Waals surface area contributed by atoms with Gasteiger partial charge in [0, 0.05) is 18.8 Å². The lowest BCUT2D eigenvalue weighted by molar-refractivity contribution is 0.659. The van der Waals surface area contributed by atoms with Gasteiger partial charge in [-0.2, -0.15) is 5.10 Å². The van der Waals surface area contributed by atoms with E-state index in [1.54, 1.807) is 0 Å². The van der Waals surface area contributed by atoms with E-state index in [4.69, 9.17) is 0 Å². The van der Waals surface area contributed by atoms with E-state index in [0.717, 1.165) is 12.2 Å². The summed E-state index contributed by atoms with van der Waals surface area (Å²) in [6, 6.07) is 0.541. The Morgan fingerprint density at radius 2 is 2.31 bits per heavy atom. The lowest BCUT2D eigenvalue weighted by atomic mass is 10.2. The summed E-state index contributed by atoms with van der Waals surface area (Å²) in [7, 11) is 0. The van der Waals surface area contributed by atoms with Crippen LogP contribution in [0.15, 0.2) is 12.4 Å². The molecule has 0 amide bonds. The highest BCUT2D eigenvalue weighted by molar-refractivity contribution is 5.38. The second kappa shape index (κ2) is 4.90. The summed E-state index contributed by atoms with van der Waals surface area (Å²) < 4.78 is 1.93. The van der Waals surface area contributed by atoms with Crippen molar-refractivity contribution >= 4 is 5.69 Å². The van der Waals surface area contributed by atoms with Gasteiger partial charge in [0.1, 0.15) is 0 Å². The maximum Gasteiger partial charge on any atom is 0.0728 e. The first-order chi connectivity index (χ1) is 6.26. The van der Waals surface area contributed by atoms with Crippen LogP contribution in [0.2, 0.25) is 0 Å². The van der Waals surface area contributed by atoms with Crippen molar-refractivity contribution in [3.05, 3.63) is 12.4 Å². The zero-order valence-corrected chi connectivity index (χ0v) is 8.75. The molecule has 0 radical (unpaired) electrons. The number of nitrogens with zero attached hydrogens (tertiary/aromatic N) is 2. The summed E-state index contributed by atoms with van der Waals surface area (Å²) in [4.78, 5) is 0. The summed E-state index contributed by atoms with van der Waals surface area (Å²) in [6.45, 7) is 7.43. The average Bonchev–Trinajstić information content (AvgIpc) is 2.52. The molecule has 3 heteroatoms. The predicted octanol–water partition coefficient (Wildman–Crippen LogP) is 2.50. The van der Waals surface area contributed by atoms with Crippen LogP contribution < -0.4 is 5.32 Å². The molecule has 1 N–H and O–H groups in total. The number of hydrogen-bond donors (Lipinski definition) is 1. The van der Waals surface area contributed by atoms with Crippen LogP contribution in [0, 0.1) is 0 Å². The number of rotatable bonds is 5. The second-order valence-corrected chi connectivity index (χ2v) is 3.42. The number of aromatic nitrogens is 2. The van der Waals surface area contributed by atoms with Crippen LogP contribution in [0.4, 0.5) is 5.69 Å². The van der Waals surface area contributed by atoms with Crippen molar-refractivity contribution < 1.29 is 0 Å². The maximum atomic E-state index is 4.20. The summed E-state index contributed by atoms with van der Waals surface area (Å²) in [6.07, 6.45) is 6.36. The van der Waals surface area contributed by atoms with Crippen molar-refractivity contribution in [2.45, 2.75) is 46.2 Å². The van der Waals surface area contributed by atoms with Crippen LogP contribution in [0.1, 0.15) is 33.6 Å². The highest BCUT2D eigenvalue weighted by atomic mass is 15.3. The lowest BCUT2D eigenvalue weighted by Gasteiger charge is -2.11. The summed E-state index contributed by atoms with van der Waals surface area (Å²) in [5.74, 6) is 0. The van der Waals surface area contributed by atoms with Crippen molar-refractivity contribution in [3.63, 3.8) is 0 Å². The molecule has 1 aromatic rings. The summed E-state index contributed by atoms with van der Waals surface area (Å²) in [5, 5.41) is 7.62. The van der Waals surface area contributed by atoms with Crippen molar-refractivity contribution in [1.82, 2.24) is 9.78 Å². The molecule has 1 rings (SSSR count). The van der Waals surface area contributed by atoms with E-state index in [0.29, 0.717) is 6.04 Å². The van der Waals surface area contributed by atoms with Crippen molar-refractivity contribution in [3.8, 4) is 0 Å². The normalized spacial score (nSPS) is 12.8. The maximum absolute atomic E-state index is 4.20. The van der Waals surface area contributed by atoms with Crippen LogP contribution in [-0.4, -0.2) is 15.8 Å². The highest BCUT2D eigenvalue weighted by Crippen LogP contribution is 2.08. The van der Waals surface area contributed by atoms with E-state index in [9.17, 15) is 0 Å². The molecule has 0 aromatic carbocycles. The quantitative estimate of drug-likeness (QED) is 0.756. The Bertz CT molecular complexity index is 242. The minimum absolute atomic E-state index is 0.541. The molecule has 74 valence electrons. The monoisotopic (exact) mass is 181 g/mol. The van der Waals surface area contributed by atoms with Crippen LogP contribution in [0.3, 0.4) is 0 Å². The molecule has 0 aliphatic carbocycles. The fourth-order valence-electron chi connectivity index (χ4n) is 1.40. The van der Waals surface area contributed by atoms with E-state index in [-0.39, 0.29) is 0 Å². The van der Waals surface area contributed by atoms with Crippen LogP contribution in [-0.2, 0) is 6.54 Å². The van der Waals surface area contributed by atoms with E-state index < -0.39 is 0 Å². The first kappa shape index (κ1) is 10.1. The fourth-order valence-corrected chi connectivity index (χ4v) is 1.40. The molecule has 0 saturated carbocycles. The van der Waals surface area contributed by atoms with Gasteiger partial charge < -0.3 is 5.32 Å². The van der Waals surface area contributed by atoms with Gasteiger partial charge in [0.2, 0.25) is 0 Å². The largest absolute Gasteiger partial charge is 0.380 e. The lowest BCUT2D eigenvalue weighted by Crippen LogP contribution is -2.13. The van der Waals surface area contributed by atoms with Crippen LogP contribution in [0.25, 0.3) is 0 Å². The molecular formula is C10H19N3. The van der Waals surface area contributed by atoms with Gasteiger partial charge in [0.25, 0.3) is 0 Å². The first-order valence-corrected chi connectivity index (χ1v) is 5.05. The Balaban J connectivity index is 2.44. The van der Waals surface area contributed by atoms with Crippen LogP contribution >= 0.6 is 0 Å². The second-order valence-electron chi connectivity index (χ2n) is 3.42. The molecule has 0 unspecified atom stereocenters. The third kappa shape index (κ3) is 3.09. The highest BCUT2D eigenvalue weighted by Gasteiger charge is 2.01. The Morgan fingerprint density at radius 1 is 1.54 bits per heavy atom. The fraction of sp³-hybridized carbons (Fsp3) is 0.700. The Morgan fingerprint density at radius 3 is 2.85 bits per heavy atom. The van der Waals surface area contributed by atoms with Gasteiger partial charge in [0.05, 0.1) is 11.9 Å². The third-order valence-electron chi connectivity index (χ3n) is 2.09. The Kier molecular flexibility index (Phi) is 3.80. The minimum Gasteiger partial charge on any atom is -0.380 e. The van der Waals surface area contributed by atoms with E-state index in [2.05, 4.69) is 31.2 Å². The van der Waals surface area contributed by atoms with E-state index in [1.807, 2.05) is 17.1 Å². The van der Waals surface area contributed by atoms with Gasteiger partial charge in [-0.15, -0.1) is 0 Å². The zero-order chi connectivity index (χ0) is 9.68. The Labute approximate surface area is 80.1 Å². The van der Waals surface area contributed by atoms with Gasteiger partial charge in [-0.05, 0) is 20.3 Å². The SMILES string of the molecule is CCC[C@H](C)Nc1cnn(CC)c1. The van der Waals surface area contributed by atoms with E-state index >= 15 is 0 Å². The number of hydrogen-bond acceptors (Lipinski definition) is 2. The molecule has 0 bridgehead atoms. The Hall–Kier alpha value is -0.990. The standard InChI is InChI=1S/C10H19N3/c1-4-6-9(3)12-10-7-11-13(5-2)8-10/h7-9,12H,4-6H2,1-3H3/t9-/m0/s1. The minimum atomic E-state index is 0.541. The third-order valence-corrected chi connectivity index (χ3v) is 2.09. The molecule has 1 heterocycles. The smallest absolute Gasteiger partial charge is 0.0728 e.